The van der Waals surface area contributed by atoms with Crippen molar-refractivity contribution in [3.63, 3.8) is 0 Å². The summed E-state index contributed by atoms with van der Waals surface area (Å²) in [5.74, 6) is 0.197. The van der Waals surface area contributed by atoms with Crippen LogP contribution in [-0.4, -0.2) is 53.8 Å². The van der Waals surface area contributed by atoms with Crippen LogP contribution in [0, 0.1) is 0 Å². The summed E-state index contributed by atoms with van der Waals surface area (Å²) in [6, 6.07) is 0.180. The van der Waals surface area contributed by atoms with E-state index in [1.165, 1.54) is 0 Å². The smallest absolute Gasteiger partial charge is 0.242 e. The average Bonchev–Trinajstić information content (AvgIpc) is 2.76. The normalized spacial score (nSPS) is 24.1. The Morgan fingerprint density at radius 2 is 2.00 bits per heavy atom. The molecule has 2 aliphatic heterocycles. The summed E-state index contributed by atoms with van der Waals surface area (Å²) in [5, 5.41) is 0. The van der Waals surface area contributed by atoms with Crippen molar-refractivity contribution in [3.8, 4) is 0 Å². The summed E-state index contributed by atoms with van der Waals surface area (Å²) in [6.45, 7) is 2.30. The van der Waals surface area contributed by atoms with Crippen LogP contribution in [0.25, 0.3) is 0 Å². The molecule has 2 saturated heterocycles. The van der Waals surface area contributed by atoms with E-state index in [1.54, 1.807) is 4.90 Å². The van der Waals surface area contributed by atoms with Crippen molar-refractivity contribution in [1.29, 1.82) is 0 Å². The number of hydrogen-bond acceptors (Lipinski definition) is 3. The number of amides is 2. The Morgan fingerprint density at radius 1 is 1.21 bits per heavy atom. The maximum absolute atomic E-state index is 12.2. The predicted octanol–water partition coefficient (Wildman–Crippen LogP) is 0.760. The summed E-state index contributed by atoms with van der Waals surface area (Å²) >= 11 is 0. The van der Waals surface area contributed by atoms with Crippen LogP contribution in [0.3, 0.4) is 0 Å². The Hall–Kier alpha value is -0.810. The highest BCUT2D eigenvalue weighted by molar-refractivity contribution is 5.85. The third kappa shape index (κ3) is 4.08. The third-order valence-corrected chi connectivity index (χ3v) is 3.97. The lowest BCUT2D eigenvalue weighted by atomic mass is 10.2. The van der Waals surface area contributed by atoms with Gasteiger partial charge in [0.25, 0.3) is 0 Å². The van der Waals surface area contributed by atoms with Gasteiger partial charge in [0.05, 0.1) is 6.54 Å². The number of halogens is 1. The maximum Gasteiger partial charge on any atom is 0.242 e. The van der Waals surface area contributed by atoms with Crippen LogP contribution in [0.15, 0.2) is 0 Å². The number of carbonyl (C=O) groups is 2. The molecule has 0 aromatic carbocycles. The molecule has 2 aliphatic rings. The van der Waals surface area contributed by atoms with E-state index in [4.69, 9.17) is 5.73 Å². The van der Waals surface area contributed by atoms with E-state index in [0.717, 1.165) is 45.2 Å². The highest BCUT2D eigenvalue weighted by Gasteiger charge is 2.29. The van der Waals surface area contributed by atoms with Gasteiger partial charge in [0.15, 0.2) is 0 Å². The minimum absolute atomic E-state index is 0. The van der Waals surface area contributed by atoms with Crippen molar-refractivity contribution >= 4 is 24.2 Å². The highest BCUT2D eigenvalue weighted by Crippen LogP contribution is 2.17. The first kappa shape index (κ1) is 16.2. The van der Waals surface area contributed by atoms with Crippen molar-refractivity contribution in [2.24, 2.45) is 5.73 Å². The first-order chi connectivity index (χ1) is 8.72. The van der Waals surface area contributed by atoms with Gasteiger partial charge >= 0.3 is 0 Å². The molecule has 110 valence electrons. The highest BCUT2D eigenvalue weighted by atomic mass is 35.5. The van der Waals surface area contributed by atoms with E-state index in [-0.39, 0.29) is 36.8 Å². The minimum Gasteiger partial charge on any atom is -0.337 e. The van der Waals surface area contributed by atoms with E-state index < -0.39 is 0 Å². The number of carbonyl (C=O) groups excluding carboxylic acids is 2. The van der Waals surface area contributed by atoms with Crippen molar-refractivity contribution in [2.75, 3.05) is 26.2 Å². The van der Waals surface area contributed by atoms with E-state index in [0.29, 0.717) is 13.0 Å². The summed E-state index contributed by atoms with van der Waals surface area (Å²) in [5.41, 5.74) is 5.67. The molecule has 5 nitrogen and oxygen atoms in total. The fraction of sp³-hybridized carbons (Fsp3) is 0.846. The molecule has 2 amide bonds. The lowest BCUT2D eigenvalue weighted by Gasteiger charge is -2.27. The first-order valence-corrected chi connectivity index (χ1v) is 6.99. The zero-order valence-corrected chi connectivity index (χ0v) is 12.2. The van der Waals surface area contributed by atoms with Crippen molar-refractivity contribution in [1.82, 2.24) is 9.80 Å². The molecule has 6 heteroatoms. The first-order valence-electron chi connectivity index (χ1n) is 6.99. The fourth-order valence-corrected chi connectivity index (χ4v) is 2.87. The third-order valence-electron chi connectivity index (χ3n) is 3.97. The summed E-state index contributed by atoms with van der Waals surface area (Å²) < 4.78 is 0. The number of rotatable bonds is 3. The lowest BCUT2D eigenvalue weighted by Crippen LogP contribution is -2.46. The van der Waals surface area contributed by atoms with Crippen LogP contribution in [0.5, 0.6) is 0 Å². The van der Waals surface area contributed by atoms with Crippen LogP contribution in [0.1, 0.15) is 38.5 Å². The standard InChI is InChI=1S/C13H23N3O2.ClH/c14-9-11-5-4-8-16(11)13(18)10-15-7-3-1-2-6-12(15)17;/h11H,1-10,14H2;1H. The van der Waals surface area contributed by atoms with Crippen LogP contribution in [0.2, 0.25) is 0 Å². The molecule has 0 aromatic rings. The molecule has 0 bridgehead atoms. The molecule has 0 saturated carbocycles. The molecule has 1 atom stereocenters. The molecule has 0 radical (unpaired) electrons. The second-order valence-corrected chi connectivity index (χ2v) is 5.24. The van der Waals surface area contributed by atoms with Gasteiger partial charge in [-0.05, 0) is 25.7 Å². The van der Waals surface area contributed by atoms with Gasteiger partial charge in [0.1, 0.15) is 0 Å². The average molecular weight is 290 g/mol. The van der Waals surface area contributed by atoms with Crippen LogP contribution < -0.4 is 5.73 Å². The Bertz CT molecular complexity index is 325. The topological polar surface area (TPSA) is 66.6 Å². The maximum atomic E-state index is 12.2. The molecular formula is C13H24ClN3O2. The number of hydrogen-bond donors (Lipinski definition) is 1. The van der Waals surface area contributed by atoms with Gasteiger partial charge < -0.3 is 15.5 Å². The van der Waals surface area contributed by atoms with E-state index >= 15 is 0 Å². The lowest BCUT2D eigenvalue weighted by molar-refractivity contribution is -0.140. The Morgan fingerprint density at radius 3 is 2.74 bits per heavy atom. The Balaban J connectivity index is 0.00000180. The van der Waals surface area contributed by atoms with Crippen LogP contribution >= 0.6 is 12.4 Å². The van der Waals surface area contributed by atoms with Gasteiger partial charge in [0, 0.05) is 32.1 Å². The van der Waals surface area contributed by atoms with E-state index in [9.17, 15) is 9.59 Å². The SMILES string of the molecule is Cl.NCC1CCCN1C(=O)CN1CCCCCC1=O. The van der Waals surface area contributed by atoms with Crippen molar-refractivity contribution in [3.05, 3.63) is 0 Å². The van der Waals surface area contributed by atoms with Gasteiger partial charge in [-0.15, -0.1) is 12.4 Å². The molecular weight excluding hydrogens is 266 g/mol. The molecule has 2 heterocycles. The molecule has 2 N–H and O–H groups in total. The molecule has 19 heavy (non-hydrogen) atoms. The molecule has 0 aliphatic carbocycles. The number of nitrogens with two attached hydrogens (primary N) is 1. The van der Waals surface area contributed by atoms with Gasteiger partial charge in [-0.25, -0.2) is 0 Å². The number of nitrogens with zero attached hydrogens (tertiary/aromatic N) is 2. The van der Waals surface area contributed by atoms with Gasteiger partial charge in [-0.1, -0.05) is 6.42 Å². The second kappa shape index (κ2) is 7.70. The summed E-state index contributed by atoms with van der Waals surface area (Å²) in [4.78, 5) is 27.6. The zero-order chi connectivity index (χ0) is 13.0. The monoisotopic (exact) mass is 289 g/mol. The van der Waals surface area contributed by atoms with Crippen molar-refractivity contribution in [2.45, 2.75) is 44.6 Å². The molecule has 2 rings (SSSR count). The molecule has 0 spiro atoms. The molecule has 0 aromatic heterocycles. The summed E-state index contributed by atoms with van der Waals surface area (Å²) in [7, 11) is 0. The van der Waals surface area contributed by atoms with Crippen molar-refractivity contribution < 1.29 is 9.59 Å². The Kier molecular flexibility index (Phi) is 6.58. The van der Waals surface area contributed by atoms with Gasteiger partial charge in [0.2, 0.25) is 11.8 Å². The predicted molar refractivity (Wildman–Crippen MR) is 76.1 cm³/mol. The number of likely N-dealkylation sites (tertiary alicyclic amines) is 2. The zero-order valence-electron chi connectivity index (χ0n) is 11.3. The largest absolute Gasteiger partial charge is 0.337 e. The van der Waals surface area contributed by atoms with Gasteiger partial charge in [-0.3, -0.25) is 9.59 Å². The quantitative estimate of drug-likeness (QED) is 0.834. The van der Waals surface area contributed by atoms with Crippen LogP contribution in [-0.2, 0) is 9.59 Å². The van der Waals surface area contributed by atoms with E-state index in [1.807, 2.05) is 4.90 Å². The molecule has 1 unspecified atom stereocenters. The summed E-state index contributed by atoms with van der Waals surface area (Å²) in [6.07, 6.45) is 5.68. The Labute approximate surface area is 120 Å². The minimum atomic E-state index is 0. The second-order valence-electron chi connectivity index (χ2n) is 5.24. The van der Waals surface area contributed by atoms with Crippen LogP contribution in [0.4, 0.5) is 0 Å². The van der Waals surface area contributed by atoms with Gasteiger partial charge in [-0.2, -0.15) is 0 Å². The fourth-order valence-electron chi connectivity index (χ4n) is 2.87. The molecule has 2 fully saturated rings. The van der Waals surface area contributed by atoms with E-state index in [2.05, 4.69) is 0 Å².